The molecule has 0 aliphatic heterocycles. The average molecular weight is 414 g/mol. The number of thiocarbonyl (C=S) groups is 1. The van der Waals surface area contributed by atoms with E-state index in [2.05, 4.69) is 37.2 Å². The van der Waals surface area contributed by atoms with Gasteiger partial charge >= 0.3 is 0 Å². The first kappa shape index (κ1) is 15.2. The molecule has 0 saturated heterocycles. The lowest BCUT2D eigenvalue weighted by atomic mass is 10.1. The van der Waals surface area contributed by atoms with Crippen molar-refractivity contribution < 1.29 is 4.79 Å². The predicted molar refractivity (Wildman–Crippen MR) is 92.1 cm³/mol. The summed E-state index contributed by atoms with van der Waals surface area (Å²) in [6, 6.07) is 12.4. The van der Waals surface area contributed by atoms with Gasteiger partial charge < -0.3 is 11.1 Å². The standard InChI is InChI=1S/C14H10Br2N2OS/c15-10-4-5-12(11(16)7-10)18-14(19)9-3-1-2-8(6-9)13(17)20/h1-7H,(H2,17,20)(H,18,19). The zero-order valence-electron chi connectivity index (χ0n) is 10.2. The van der Waals surface area contributed by atoms with Gasteiger partial charge in [-0.15, -0.1) is 0 Å². The lowest BCUT2D eigenvalue weighted by Gasteiger charge is -2.08. The molecule has 0 saturated carbocycles. The van der Waals surface area contributed by atoms with E-state index in [9.17, 15) is 4.79 Å². The van der Waals surface area contributed by atoms with Gasteiger partial charge in [-0.2, -0.15) is 0 Å². The predicted octanol–water partition coefficient (Wildman–Crippen LogP) is 4.10. The zero-order valence-corrected chi connectivity index (χ0v) is 14.2. The summed E-state index contributed by atoms with van der Waals surface area (Å²) >= 11 is 11.7. The van der Waals surface area contributed by atoms with Crippen molar-refractivity contribution in [2.24, 2.45) is 5.73 Å². The summed E-state index contributed by atoms with van der Waals surface area (Å²) in [5.74, 6) is -0.217. The molecule has 1 amide bonds. The number of hydrogen-bond donors (Lipinski definition) is 2. The lowest BCUT2D eigenvalue weighted by Crippen LogP contribution is -2.15. The average Bonchev–Trinajstić information content (AvgIpc) is 2.42. The van der Waals surface area contributed by atoms with Crippen molar-refractivity contribution in [3.8, 4) is 0 Å². The first-order valence-electron chi connectivity index (χ1n) is 5.63. The van der Waals surface area contributed by atoms with Crippen molar-refractivity contribution in [3.63, 3.8) is 0 Å². The van der Waals surface area contributed by atoms with Crippen LogP contribution in [0.3, 0.4) is 0 Å². The molecule has 0 fully saturated rings. The first-order valence-corrected chi connectivity index (χ1v) is 7.63. The van der Waals surface area contributed by atoms with Gasteiger partial charge in [0.1, 0.15) is 4.99 Å². The third-order valence-electron chi connectivity index (χ3n) is 2.59. The zero-order chi connectivity index (χ0) is 14.7. The van der Waals surface area contributed by atoms with Crippen LogP contribution >= 0.6 is 44.1 Å². The molecule has 0 aliphatic rings. The molecule has 0 aromatic heterocycles. The van der Waals surface area contributed by atoms with Crippen molar-refractivity contribution in [1.82, 2.24) is 0 Å². The van der Waals surface area contributed by atoms with E-state index in [-0.39, 0.29) is 10.9 Å². The number of amides is 1. The van der Waals surface area contributed by atoms with Crippen molar-refractivity contribution in [3.05, 3.63) is 62.5 Å². The number of benzene rings is 2. The van der Waals surface area contributed by atoms with Gasteiger partial charge in [0, 0.05) is 20.1 Å². The number of rotatable bonds is 3. The Kier molecular flexibility index (Phi) is 4.91. The molecule has 0 radical (unpaired) electrons. The van der Waals surface area contributed by atoms with Crippen LogP contribution in [-0.4, -0.2) is 10.9 Å². The largest absolute Gasteiger partial charge is 0.389 e. The summed E-state index contributed by atoms with van der Waals surface area (Å²) in [6.07, 6.45) is 0. The third-order valence-corrected chi connectivity index (χ3v) is 3.97. The number of carbonyl (C=O) groups is 1. The van der Waals surface area contributed by atoms with Gasteiger partial charge in [-0.05, 0) is 46.3 Å². The Hall–Kier alpha value is -1.24. The summed E-state index contributed by atoms with van der Waals surface area (Å²) in [4.78, 5) is 12.5. The minimum atomic E-state index is -0.217. The smallest absolute Gasteiger partial charge is 0.255 e. The van der Waals surface area contributed by atoms with Crippen LogP contribution in [-0.2, 0) is 0 Å². The Labute approximate surface area is 138 Å². The van der Waals surface area contributed by atoms with Gasteiger partial charge in [0.05, 0.1) is 5.69 Å². The Bertz CT molecular complexity index is 689. The molecule has 2 aromatic carbocycles. The number of hydrogen-bond acceptors (Lipinski definition) is 2. The topological polar surface area (TPSA) is 55.1 Å². The van der Waals surface area contributed by atoms with Gasteiger partial charge in [0.15, 0.2) is 0 Å². The molecule has 6 heteroatoms. The van der Waals surface area contributed by atoms with Crippen LogP contribution in [0.4, 0.5) is 5.69 Å². The molecule has 0 unspecified atom stereocenters. The fourth-order valence-electron chi connectivity index (χ4n) is 1.60. The Morgan fingerprint density at radius 1 is 1.10 bits per heavy atom. The minimum Gasteiger partial charge on any atom is -0.389 e. The summed E-state index contributed by atoms with van der Waals surface area (Å²) in [6.45, 7) is 0. The molecule has 102 valence electrons. The maximum absolute atomic E-state index is 12.2. The van der Waals surface area contributed by atoms with E-state index in [4.69, 9.17) is 18.0 Å². The maximum Gasteiger partial charge on any atom is 0.255 e. The summed E-state index contributed by atoms with van der Waals surface area (Å²) < 4.78 is 1.73. The molecule has 0 aliphatic carbocycles. The third kappa shape index (κ3) is 3.65. The quantitative estimate of drug-likeness (QED) is 0.744. The molecule has 2 rings (SSSR count). The van der Waals surface area contributed by atoms with Crippen LogP contribution in [0.1, 0.15) is 15.9 Å². The molecular weight excluding hydrogens is 404 g/mol. The monoisotopic (exact) mass is 412 g/mol. The molecule has 0 atom stereocenters. The highest BCUT2D eigenvalue weighted by atomic mass is 79.9. The minimum absolute atomic E-state index is 0.217. The van der Waals surface area contributed by atoms with Gasteiger partial charge in [0.25, 0.3) is 5.91 Å². The van der Waals surface area contributed by atoms with Crippen molar-refractivity contribution in [2.75, 3.05) is 5.32 Å². The normalized spacial score (nSPS) is 10.1. The number of halogens is 2. The fraction of sp³-hybridized carbons (Fsp3) is 0. The summed E-state index contributed by atoms with van der Waals surface area (Å²) in [7, 11) is 0. The van der Waals surface area contributed by atoms with E-state index >= 15 is 0 Å². The fourth-order valence-corrected chi connectivity index (χ4v) is 2.87. The second-order valence-corrected chi connectivity index (χ2v) is 6.23. The van der Waals surface area contributed by atoms with Crippen LogP contribution in [0, 0.1) is 0 Å². The van der Waals surface area contributed by atoms with E-state index < -0.39 is 0 Å². The van der Waals surface area contributed by atoms with Crippen LogP contribution < -0.4 is 11.1 Å². The molecule has 0 bridgehead atoms. The van der Waals surface area contributed by atoms with Crippen LogP contribution in [0.2, 0.25) is 0 Å². The molecule has 20 heavy (non-hydrogen) atoms. The van der Waals surface area contributed by atoms with Gasteiger partial charge in [0.2, 0.25) is 0 Å². The molecule has 2 aromatic rings. The van der Waals surface area contributed by atoms with Crippen LogP contribution in [0.5, 0.6) is 0 Å². The van der Waals surface area contributed by atoms with Gasteiger partial charge in [-0.25, -0.2) is 0 Å². The van der Waals surface area contributed by atoms with Gasteiger partial charge in [-0.3, -0.25) is 4.79 Å². The highest BCUT2D eigenvalue weighted by Crippen LogP contribution is 2.26. The molecule has 3 nitrogen and oxygen atoms in total. The molecule has 0 heterocycles. The second-order valence-electron chi connectivity index (χ2n) is 4.02. The number of nitrogens with one attached hydrogen (secondary N) is 1. The number of nitrogens with two attached hydrogens (primary N) is 1. The lowest BCUT2D eigenvalue weighted by molar-refractivity contribution is 0.102. The van der Waals surface area contributed by atoms with E-state index in [1.807, 2.05) is 18.2 Å². The number of anilines is 1. The van der Waals surface area contributed by atoms with Crippen molar-refractivity contribution in [2.45, 2.75) is 0 Å². The Morgan fingerprint density at radius 3 is 2.45 bits per heavy atom. The number of carbonyl (C=O) groups excluding carboxylic acids is 1. The van der Waals surface area contributed by atoms with Crippen molar-refractivity contribution in [1.29, 1.82) is 0 Å². The summed E-state index contributed by atoms with van der Waals surface area (Å²) in [5.41, 5.74) is 7.43. The molecular formula is C14H10Br2N2OS. The first-order chi connectivity index (χ1) is 9.47. The summed E-state index contributed by atoms with van der Waals surface area (Å²) in [5, 5.41) is 2.83. The van der Waals surface area contributed by atoms with Gasteiger partial charge in [-0.1, -0.05) is 40.3 Å². The highest BCUT2D eigenvalue weighted by molar-refractivity contribution is 9.11. The second kappa shape index (κ2) is 6.47. The SMILES string of the molecule is NC(=S)c1cccc(C(=O)Nc2ccc(Br)cc2Br)c1. The Balaban J connectivity index is 2.24. The van der Waals surface area contributed by atoms with Crippen LogP contribution in [0.15, 0.2) is 51.4 Å². The molecule has 3 N–H and O–H groups in total. The highest BCUT2D eigenvalue weighted by Gasteiger charge is 2.09. The van der Waals surface area contributed by atoms with Crippen LogP contribution in [0.25, 0.3) is 0 Å². The van der Waals surface area contributed by atoms with E-state index in [1.165, 1.54) is 0 Å². The van der Waals surface area contributed by atoms with Crippen molar-refractivity contribution >= 4 is 60.7 Å². The van der Waals surface area contributed by atoms with E-state index in [1.54, 1.807) is 24.3 Å². The van der Waals surface area contributed by atoms with E-state index in [0.29, 0.717) is 16.8 Å². The van der Waals surface area contributed by atoms with E-state index in [0.717, 1.165) is 8.95 Å². The molecule has 0 spiro atoms. The Morgan fingerprint density at radius 2 is 1.80 bits per heavy atom. The maximum atomic E-state index is 12.2.